The molecule has 0 unspecified atom stereocenters. The van der Waals surface area contributed by atoms with Crippen molar-refractivity contribution in [3.63, 3.8) is 0 Å². The molecule has 298 valence electrons. The van der Waals surface area contributed by atoms with E-state index in [2.05, 4.69) is 21.3 Å². The third kappa shape index (κ3) is 19.3. The van der Waals surface area contributed by atoms with Gasteiger partial charge in [0.2, 0.25) is 0 Å². The number of benzene rings is 2. The number of hydrogen-bond donors (Lipinski definition) is 4. The Morgan fingerprint density at radius 1 is 0.556 bits per heavy atom. The number of ether oxygens (including phenoxy) is 4. The van der Waals surface area contributed by atoms with E-state index in [9.17, 15) is 28.8 Å². The monoisotopic (exact) mass is 922 g/mol. The van der Waals surface area contributed by atoms with Crippen molar-refractivity contribution in [1.29, 1.82) is 0 Å². The number of esters is 2. The molecule has 0 heterocycles. The van der Waals surface area contributed by atoms with Crippen LogP contribution in [0, 0.1) is 0 Å². The first-order chi connectivity index (χ1) is 25.4. The molecule has 0 radical (unpaired) electrons. The Morgan fingerprint density at radius 2 is 0.889 bits per heavy atom. The van der Waals surface area contributed by atoms with Crippen LogP contribution in [0.1, 0.15) is 41.5 Å². The molecule has 0 aliphatic heterocycles. The fourth-order valence-corrected chi connectivity index (χ4v) is 10.3. The van der Waals surface area contributed by atoms with Gasteiger partial charge >= 0.3 is 339 Å². The van der Waals surface area contributed by atoms with Crippen LogP contribution in [0.4, 0.5) is 9.59 Å². The van der Waals surface area contributed by atoms with Crippen LogP contribution in [-0.4, -0.2) is 127 Å². The predicted molar refractivity (Wildman–Crippen MR) is 212 cm³/mol. The minimum atomic E-state index is -1.11. The van der Waals surface area contributed by atoms with E-state index in [1.54, 1.807) is 41.5 Å². The zero-order valence-corrected chi connectivity index (χ0v) is 36.7. The average molecular weight is 921 g/mol. The normalized spacial score (nSPS) is 13.6. The average Bonchev–Trinajstić information content (AvgIpc) is 3.10. The third-order valence-corrected chi connectivity index (χ3v) is 13.6. The second-order valence-corrected chi connectivity index (χ2v) is 20.5. The van der Waals surface area contributed by atoms with Gasteiger partial charge in [-0.25, -0.2) is 0 Å². The molecule has 0 aromatic heterocycles. The van der Waals surface area contributed by atoms with Gasteiger partial charge in [-0.15, -0.1) is 0 Å². The van der Waals surface area contributed by atoms with Crippen LogP contribution in [-0.2, 0) is 38.1 Å². The molecule has 4 N–H and O–H groups in total. The molecule has 0 aliphatic rings. The molecule has 2 rings (SSSR count). The van der Waals surface area contributed by atoms with Gasteiger partial charge in [0.1, 0.15) is 0 Å². The van der Waals surface area contributed by atoms with Gasteiger partial charge in [-0.3, -0.25) is 0 Å². The number of hydrogen-bond acceptors (Lipinski definition) is 12. The molecule has 0 bridgehead atoms. The number of amides is 4. The zero-order chi connectivity index (χ0) is 40.3. The van der Waals surface area contributed by atoms with Gasteiger partial charge in [-0.05, 0) is 0 Å². The molecule has 18 heteroatoms. The quantitative estimate of drug-likeness (QED) is 0.0531. The maximum atomic E-state index is 13.5. The number of alkyl carbamates (subject to hydrolysis) is 2. The van der Waals surface area contributed by atoms with Crippen molar-refractivity contribution in [2.75, 3.05) is 25.7 Å². The van der Waals surface area contributed by atoms with Gasteiger partial charge in [-0.2, -0.15) is 0 Å². The van der Waals surface area contributed by atoms with Gasteiger partial charge in [0.25, 0.3) is 0 Å². The molecule has 0 fully saturated rings. The summed E-state index contributed by atoms with van der Waals surface area (Å²) in [6, 6.07) is 14.8. The van der Waals surface area contributed by atoms with Crippen LogP contribution in [0.3, 0.4) is 0 Å². The van der Waals surface area contributed by atoms with Crippen molar-refractivity contribution in [3.05, 3.63) is 60.7 Å². The number of rotatable bonds is 19. The summed E-state index contributed by atoms with van der Waals surface area (Å²) in [6.07, 6.45) is -1.54. The second-order valence-electron chi connectivity index (χ2n) is 13.4. The van der Waals surface area contributed by atoms with Crippen molar-refractivity contribution in [2.24, 2.45) is 0 Å². The van der Waals surface area contributed by atoms with E-state index in [1.165, 1.54) is 14.2 Å². The topological polar surface area (TPSA) is 187 Å². The standard InChI is InChI=1S/C36H50N4O10S2Se2/c1-35(2,3)49-33(45)39-27(21-53-23-15-11-9-12-16-23)29(41)37-25(31(43)47-7)19-51-52-20-26(32(44)48-8)38-30(42)28(40-34(46)50-36(4,5)6)22-54-24-17-13-10-14-18-24/h9-18,25-28H,19-22H2,1-8H3,(H,37,41)(H,38,42)(H,39,45)(H,40,46)/t25-,26-,27+,28+/m0/s1. The van der Waals surface area contributed by atoms with Crippen molar-refractivity contribution >= 4 is 96.4 Å². The molecule has 0 aliphatic carbocycles. The molecule has 0 spiro atoms. The Balaban J connectivity index is 2.10. The van der Waals surface area contributed by atoms with Crippen LogP contribution in [0.25, 0.3) is 0 Å². The Labute approximate surface area is 337 Å². The molecule has 54 heavy (non-hydrogen) atoms. The van der Waals surface area contributed by atoms with Crippen LogP contribution in [0.15, 0.2) is 60.7 Å². The summed E-state index contributed by atoms with van der Waals surface area (Å²) < 4.78 is 22.7. The maximum absolute atomic E-state index is 13.5. The summed E-state index contributed by atoms with van der Waals surface area (Å²) in [5, 5.41) is 11.2. The molecule has 4 amide bonds. The van der Waals surface area contributed by atoms with Crippen molar-refractivity contribution in [2.45, 2.75) is 87.6 Å². The number of nitrogens with one attached hydrogen (secondary N) is 4. The van der Waals surface area contributed by atoms with Gasteiger partial charge in [-0.1, -0.05) is 0 Å². The SMILES string of the molecule is COC(=O)[C@H](CSSC[C@H](NC(=O)[C@@H](C[Se]c1ccccc1)NC(=O)OC(C)(C)C)C(=O)OC)NC(=O)[C@@H](C[Se]c1ccccc1)NC(=O)OC(C)(C)C. The number of carbonyl (C=O) groups is 6. The molecule has 0 saturated heterocycles. The van der Waals surface area contributed by atoms with E-state index < -0.39 is 71.3 Å². The summed E-state index contributed by atoms with van der Waals surface area (Å²) in [7, 11) is 4.69. The second kappa shape index (κ2) is 23.5. The molecule has 4 atom stereocenters. The van der Waals surface area contributed by atoms with Crippen LogP contribution in [0.2, 0.25) is 10.6 Å². The summed E-state index contributed by atoms with van der Waals surface area (Å²) in [6.45, 7) is 10.2. The molecule has 2 aromatic rings. The number of methoxy groups -OCH3 is 2. The van der Waals surface area contributed by atoms with Crippen LogP contribution >= 0.6 is 21.6 Å². The first-order valence-electron chi connectivity index (χ1n) is 16.8. The molecular formula is C36H50N4O10S2Se2. The third-order valence-electron chi connectivity index (χ3n) is 6.49. The zero-order valence-electron chi connectivity index (χ0n) is 31.6. The van der Waals surface area contributed by atoms with Gasteiger partial charge in [0.05, 0.1) is 0 Å². The van der Waals surface area contributed by atoms with Crippen LogP contribution in [0.5, 0.6) is 0 Å². The Hall–Kier alpha value is -3.40. The summed E-state index contributed by atoms with van der Waals surface area (Å²) >= 11 is -0.387. The van der Waals surface area contributed by atoms with Gasteiger partial charge < -0.3 is 0 Å². The molecular weight excluding hydrogens is 870 g/mol. The van der Waals surface area contributed by atoms with Crippen molar-refractivity contribution in [3.8, 4) is 0 Å². The van der Waals surface area contributed by atoms with E-state index in [0.717, 1.165) is 30.5 Å². The predicted octanol–water partition coefficient (Wildman–Crippen LogP) is 2.37. The summed E-state index contributed by atoms with van der Waals surface area (Å²) in [4.78, 5) is 77.8. The summed E-state index contributed by atoms with van der Waals surface area (Å²) in [5.41, 5.74) is -1.59. The fraction of sp³-hybridized carbons (Fsp3) is 0.500. The van der Waals surface area contributed by atoms with E-state index in [-0.39, 0.29) is 52.1 Å². The van der Waals surface area contributed by atoms with E-state index >= 15 is 0 Å². The van der Waals surface area contributed by atoms with Crippen LogP contribution < -0.4 is 30.2 Å². The minimum absolute atomic E-state index is 0.0241. The van der Waals surface area contributed by atoms with Crippen molar-refractivity contribution in [1.82, 2.24) is 21.3 Å². The molecule has 14 nitrogen and oxygen atoms in total. The Morgan fingerprint density at radius 3 is 1.19 bits per heavy atom. The van der Waals surface area contributed by atoms with Gasteiger partial charge in [0.15, 0.2) is 0 Å². The summed E-state index contributed by atoms with van der Waals surface area (Å²) in [5.74, 6) is -2.57. The van der Waals surface area contributed by atoms with E-state index in [4.69, 9.17) is 18.9 Å². The Bertz CT molecular complexity index is 1420. The molecule has 2 aromatic carbocycles. The number of carbonyl (C=O) groups excluding carboxylic acids is 6. The van der Waals surface area contributed by atoms with E-state index in [0.29, 0.717) is 0 Å². The fourth-order valence-electron chi connectivity index (χ4n) is 4.06. The Kier molecular flexibility index (Phi) is 20.3. The first-order valence-corrected chi connectivity index (χ1v) is 23.4. The van der Waals surface area contributed by atoms with E-state index in [1.807, 2.05) is 60.7 Å². The van der Waals surface area contributed by atoms with Crippen molar-refractivity contribution < 1.29 is 47.7 Å². The molecule has 0 saturated carbocycles. The first kappa shape index (κ1) is 46.8. The van der Waals surface area contributed by atoms with Gasteiger partial charge in [0, 0.05) is 0 Å².